The molecule has 0 aromatic heterocycles. The molecule has 1 heterocycles. The van der Waals surface area contributed by atoms with Gasteiger partial charge in [-0.3, -0.25) is 9.59 Å². The summed E-state index contributed by atoms with van der Waals surface area (Å²) in [6, 6.07) is 21.9. The molecule has 1 N–H and O–H groups in total. The van der Waals surface area contributed by atoms with E-state index in [0.717, 1.165) is 59.6 Å². The van der Waals surface area contributed by atoms with Gasteiger partial charge in [0.2, 0.25) is 0 Å². The minimum Gasteiger partial charge on any atom is -0.427 e. The fourth-order valence-corrected chi connectivity index (χ4v) is 6.81. The maximum Gasteiger partial charge on any atom is 0.308 e. The van der Waals surface area contributed by atoms with Crippen LogP contribution >= 0.6 is 0 Å². The first-order valence-electron chi connectivity index (χ1n) is 13.1. The molecule has 5 rings (SSSR count). The molecule has 0 radical (unpaired) electrons. The van der Waals surface area contributed by atoms with Crippen molar-refractivity contribution in [3.05, 3.63) is 77.9 Å². The molecule has 3 atom stereocenters. The number of benzene rings is 3. The molecule has 1 saturated heterocycles. The number of methoxy groups -OCH3 is 1. The van der Waals surface area contributed by atoms with Crippen molar-refractivity contribution < 1.29 is 23.5 Å². The van der Waals surface area contributed by atoms with Crippen LogP contribution in [0.2, 0.25) is 0 Å². The number of hydrogen-bond acceptors (Lipinski definition) is 4. The highest BCUT2D eigenvalue weighted by atomic mass is 16.5. The molecule has 1 aliphatic carbocycles. The SMILES string of the molecule is CO[C@]12CC[C@H](NC(=O)c3ccc4ccccc4c3)C[C@]1(c1cccc(OC(C)=O)c1)CC[N+](C)(C)C2. The molecule has 1 amide bonds. The number of fused-ring (bicyclic) bond motifs is 2. The van der Waals surface area contributed by atoms with Crippen molar-refractivity contribution in [1.82, 2.24) is 5.32 Å². The molecule has 3 aromatic rings. The topological polar surface area (TPSA) is 64.6 Å². The molecule has 37 heavy (non-hydrogen) atoms. The second-order valence-corrected chi connectivity index (χ2v) is 11.4. The van der Waals surface area contributed by atoms with Gasteiger partial charge < -0.3 is 19.3 Å². The normalized spacial score (nSPS) is 26.8. The summed E-state index contributed by atoms with van der Waals surface area (Å²) in [7, 11) is 6.34. The van der Waals surface area contributed by atoms with E-state index in [1.54, 1.807) is 0 Å². The predicted molar refractivity (Wildman–Crippen MR) is 145 cm³/mol. The maximum absolute atomic E-state index is 13.4. The van der Waals surface area contributed by atoms with Crippen LogP contribution in [0.5, 0.6) is 5.75 Å². The average Bonchev–Trinajstić information content (AvgIpc) is 2.88. The van der Waals surface area contributed by atoms with E-state index in [1.165, 1.54) is 6.92 Å². The van der Waals surface area contributed by atoms with Gasteiger partial charge in [0.25, 0.3) is 5.91 Å². The highest BCUT2D eigenvalue weighted by Gasteiger charge is 2.62. The minimum atomic E-state index is -0.381. The number of carbonyl (C=O) groups is 2. The van der Waals surface area contributed by atoms with E-state index < -0.39 is 0 Å². The van der Waals surface area contributed by atoms with Gasteiger partial charge in [-0.25, -0.2) is 0 Å². The Labute approximate surface area is 219 Å². The van der Waals surface area contributed by atoms with Crippen LogP contribution in [0, 0.1) is 0 Å². The number of esters is 1. The van der Waals surface area contributed by atoms with Gasteiger partial charge >= 0.3 is 5.97 Å². The highest BCUT2D eigenvalue weighted by molar-refractivity contribution is 5.98. The van der Waals surface area contributed by atoms with Gasteiger partial charge in [0.15, 0.2) is 0 Å². The molecule has 3 aromatic carbocycles. The maximum atomic E-state index is 13.4. The molecule has 2 aliphatic rings. The second kappa shape index (κ2) is 9.58. The van der Waals surface area contributed by atoms with E-state index in [9.17, 15) is 9.59 Å². The highest BCUT2D eigenvalue weighted by Crippen LogP contribution is 2.54. The average molecular weight is 502 g/mol. The number of rotatable bonds is 5. The summed E-state index contributed by atoms with van der Waals surface area (Å²) >= 11 is 0. The van der Waals surface area contributed by atoms with Gasteiger partial charge in [-0.1, -0.05) is 42.5 Å². The van der Waals surface area contributed by atoms with Gasteiger partial charge in [0, 0.05) is 37.5 Å². The van der Waals surface area contributed by atoms with Crippen LogP contribution < -0.4 is 10.1 Å². The number of likely N-dealkylation sites (tertiary alicyclic amines) is 1. The summed E-state index contributed by atoms with van der Waals surface area (Å²) in [5.74, 6) is 0.167. The number of carbonyl (C=O) groups excluding carboxylic acids is 2. The molecule has 194 valence electrons. The molecule has 1 aliphatic heterocycles. The lowest BCUT2D eigenvalue weighted by Gasteiger charge is -2.60. The van der Waals surface area contributed by atoms with E-state index in [0.29, 0.717) is 11.3 Å². The van der Waals surface area contributed by atoms with Crippen molar-refractivity contribution in [2.24, 2.45) is 0 Å². The Balaban J connectivity index is 1.48. The number of quaternary nitrogens is 1. The monoisotopic (exact) mass is 501 g/mol. The number of hydrogen-bond donors (Lipinski definition) is 1. The smallest absolute Gasteiger partial charge is 0.308 e. The number of piperidine rings is 1. The Morgan fingerprint density at radius 3 is 2.51 bits per heavy atom. The van der Waals surface area contributed by atoms with E-state index >= 15 is 0 Å². The van der Waals surface area contributed by atoms with Crippen molar-refractivity contribution >= 4 is 22.6 Å². The van der Waals surface area contributed by atoms with Gasteiger partial charge in [0.1, 0.15) is 17.9 Å². The first-order chi connectivity index (χ1) is 17.7. The third kappa shape index (κ3) is 4.76. The molecule has 0 spiro atoms. The number of nitrogens with one attached hydrogen (secondary N) is 1. The molecular formula is C31H37N2O4+. The lowest BCUT2D eigenvalue weighted by molar-refractivity contribution is -0.905. The summed E-state index contributed by atoms with van der Waals surface area (Å²) in [6.07, 6.45) is 3.37. The Kier molecular flexibility index (Phi) is 6.59. The van der Waals surface area contributed by atoms with Crippen molar-refractivity contribution in [3.8, 4) is 5.75 Å². The van der Waals surface area contributed by atoms with Gasteiger partial charge in [-0.15, -0.1) is 0 Å². The summed E-state index contributed by atoms with van der Waals surface area (Å²) in [5, 5.41) is 5.53. The Bertz CT molecular complexity index is 1340. The third-order valence-corrected chi connectivity index (χ3v) is 8.58. The largest absolute Gasteiger partial charge is 0.427 e. The van der Waals surface area contributed by atoms with Gasteiger partial charge in [-0.2, -0.15) is 0 Å². The Morgan fingerprint density at radius 2 is 1.76 bits per heavy atom. The molecule has 6 heteroatoms. The van der Waals surface area contributed by atoms with Crippen LogP contribution in [0.4, 0.5) is 0 Å². The fraction of sp³-hybridized carbons (Fsp3) is 0.419. The van der Waals surface area contributed by atoms with Crippen molar-refractivity contribution in [1.29, 1.82) is 0 Å². The first kappa shape index (κ1) is 25.4. The molecular weight excluding hydrogens is 464 g/mol. The van der Waals surface area contributed by atoms with Crippen LogP contribution in [-0.2, 0) is 14.9 Å². The van der Waals surface area contributed by atoms with Gasteiger partial charge in [-0.05, 0) is 59.9 Å². The van der Waals surface area contributed by atoms with E-state index in [2.05, 4.69) is 31.5 Å². The Morgan fingerprint density at radius 1 is 0.973 bits per heavy atom. The summed E-state index contributed by atoms with van der Waals surface area (Å²) in [4.78, 5) is 25.1. The van der Waals surface area contributed by atoms with Crippen LogP contribution in [0.15, 0.2) is 66.7 Å². The zero-order chi connectivity index (χ0) is 26.3. The molecule has 6 nitrogen and oxygen atoms in total. The zero-order valence-corrected chi connectivity index (χ0v) is 22.3. The quantitative estimate of drug-likeness (QED) is 0.308. The van der Waals surface area contributed by atoms with Crippen LogP contribution in [0.1, 0.15) is 48.5 Å². The van der Waals surface area contributed by atoms with E-state index in [-0.39, 0.29) is 28.9 Å². The number of likely N-dealkylation sites (N-methyl/N-ethyl adjacent to an activating group) is 1. The first-order valence-corrected chi connectivity index (χ1v) is 13.1. The molecule has 0 unspecified atom stereocenters. The lowest BCUT2D eigenvalue weighted by Crippen LogP contribution is -2.71. The van der Waals surface area contributed by atoms with E-state index in [4.69, 9.17) is 9.47 Å². The van der Waals surface area contributed by atoms with Crippen LogP contribution in [-0.4, -0.2) is 62.3 Å². The molecule has 1 saturated carbocycles. The minimum absolute atomic E-state index is 0.00772. The van der Waals surface area contributed by atoms with Crippen molar-refractivity contribution in [2.45, 2.75) is 49.7 Å². The fourth-order valence-electron chi connectivity index (χ4n) is 6.81. The Hall–Kier alpha value is -3.22. The number of nitrogens with zero attached hydrogens (tertiary/aromatic N) is 1. The van der Waals surface area contributed by atoms with Gasteiger partial charge in [0.05, 0.1) is 20.6 Å². The predicted octanol–water partition coefficient (Wildman–Crippen LogP) is 4.85. The van der Waals surface area contributed by atoms with Crippen molar-refractivity contribution in [2.75, 3.05) is 34.3 Å². The number of ether oxygens (including phenoxy) is 2. The summed E-state index contributed by atoms with van der Waals surface area (Å²) in [6.45, 7) is 3.30. The number of amides is 1. The standard InChI is InChI=1S/C31H36N2O4/c1-22(34)37-28-11-7-10-26(19-28)30-16-17-33(2,3)21-31(30,36-4)15-14-27(20-30)32-29(35)25-13-12-23-8-5-6-9-24(23)18-25/h5-13,18-19,27H,14-17,20-21H2,1-4H3/p+1/t27-,30-,31-/m0/s1. The summed E-state index contributed by atoms with van der Waals surface area (Å²) < 4.78 is 12.8. The molecule has 0 bridgehead atoms. The van der Waals surface area contributed by atoms with Crippen molar-refractivity contribution in [3.63, 3.8) is 0 Å². The third-order valence-electron chi connectivity index (χ3n) is 8.58. The zero-order valence-electron chi connectivity index (χ0n) is 22.3. The van der Waals surface area contributed by atoms with Crippen LogP contribution in [0.25, 0.3) is 10.8 Å². The summed E-state index contributed by atoms with van der Waals surface area (Å²) in [5.41, 5.74) is 1.09. The lowest BCUT2D eigenvalue weighted by atomic mass is 9.54. The van der Waals surface area contributed by atoms with Crippen LogP contribution in [0.3, 0.4) is 0 Å². The second-order valence-electron chi connectivity index (χ2n) is 11.4. The van der Waals surface area contributed by atoms with E-state index in [1.807, 2.05) is 61.7 Å². The molecule has 2 fully saturated rings.